The molecule has 2 rings (SSSR count). The van der Waals surface area contributed by atoms with Crippen LogP contribution >= 0.6 is 0 Å². The zero-order valence-electron chi connectivity index (χ0n) is 6.73. The summed E-state index contributed by atoms with van der Waals surface area (Å²) >= 11 is 0. The van der Waals surface area contributed by atoms with Gasteiger partial charge in [0, 0.05) is 5.69 Å². The molecule has 0 bridgehead atoms. The van der Waals surface area contributed by atoms with E-state index < -0.39 is 6.41 Å². The number of nitrogens with one attached hydrogen (secondary N) is 2. The highest BCUT2D eigenvalue weighted by Gasteiger charge is 2.20. The number of nitrogens with two attached hydrogens (primary N) is 1. The quantitative estimate of drug-likeness (QED) is 0.520. The van der Waals surface area contributed by atoms with Crippen molar-refractivity contribution in [1.82, 2.24) is 11.0 Å². The zero-order chi connectivity index (χ0) is 9.26. The van der Waals surface area contributed by atoms with Crippen LogP contribution < -0.4 is 21.9 Å². The van der Waals surface area contributed by atoms with Gasteiger partial charge in [0.1, 0.15) is 0 Å². The largest absolute Gasteiger partial charge is 0.399 e. The predicted octanol–water partition coefficient (Wildman–Crippen LogP) is -0.256. The van der Waals surface area contributed by atoms with Crippen LogP contribution in [0.5, 0.6) is 0 Å². The van der Waals surface area contributed by atoms with Gasteiger partial charge in [0.2, 0.25) is 0 Å². The molecule has 1 aliphatic rings. The molecule has 0 saturated carbocycles. The first-order valence-corrected chi connectivity index (χ1v) is 3.75. The SMILES string of the molecule is Nc1ccc(N2NOC([O])N2)cc1. The molecule has 69 valence electrons. The number of benzene rings is 1. The molecule has 0 spiro atoms. The van der Waals surface area contributed by atoms with Gasteiger partial charge >= 0.3 is 0 Å². The Labute approximate surface area is 74.8 Å². The third-order valence-corrected chi connectivity index (χ3v) is 1.64. The maximum Gasteiger partial charge on any atom is 0.284 e. The van der Waals surface area contributed by atoms with Crippen LogP contribution in [0.15, 0.2) is 24.3 Å². The van der Waals surface area contributed by atoms with Crippen molar-refractivity contribution in [3.8, 4) is 0 Å². The number of nitrogens with zero attached hydrogens (tertiary/aromatic N) is 1. The molecule has 1 atom stereocenters. The Morgan fingerprint density at radius 3 is 2.62 bits per heavy atom. The molecule has 1 heterocycles. The van der Waals surface area contributed by atoms with Gasteiger partial charge in [-0.3, -0.25) is 0 Å². The molecule has 0 aromatic heterocycles. The first kappa shape index (κ1) is 8.27. The minimum absolute atomic E-state index is 0.669. The fourth-order valence-corrected chi connectivity index (χ4v) is 1.01. The Bertz CT molecular complexity index is 289. The predicted molar refractivity (Wildman–Crippen MR) is 45.2 cm³/mol. The third kappa shape index (κ3) is 1.70. The van der Waals surface area contributed by atoms with Gasteiger partial charge in [0.15, 0.2) is 0 Å². The molecular formula is C7H9N4O2. The average molecular weight is 181 g/mol. The van der Waals surface area contributed by atoms with Crippen molar-refractivity contribution in [3.63, 3.8) is 0 Å². The van der Waals surface area contributed by atoms with Crippen LogP contribution in [0.2, 0.25) is 0 Å². The van der Waals surface area contributed by atoms with Crippen LogP contribution in [-0.2, 0) is 9.94 Å². The molecule has 1 radical (unpaired) electrons. The van der Waals surface area contributed by atoms with Crippen LogP contribution in [0.25, 0.3) is 0 Å². The van der Waals surface area contributed by atoms with Crippen molar-refractivity contribution in [2.75, 3.05) is 10.9 Å². The number of hydrogen-bond donors (Lipinski definition) is 3. The summed E-state index contributed by atoms with van der Waals surface area (Å²) in [5.41, 5.74) is 11.8. The molecule has 6 nitrogen and oxygen atoms in total. The number of hydrogen-bond acceptors (Lipinski definition) is 5. The van der Waals surface area contributed by atoms with Gasteiger partial charge in [-0.15, -0.1) is 0 Å². The summed E-state index contributed by atoms with van der Waals surface area (Å²) in [6, 6.07) is 6.99. The molecule has 0 amide bonds. The average Bonchev–Trinajstić information content (AvgIpc) is 2.53. The van der Waals surface area contributed by atoms with Gasteiger partial charge in [-0.2, -0.15) is 10.5 Å². The first-order chi connectivity index (χ1) is 6.25. The van der Waals surface area contributed by atoms with Crippen LogP contribution in [0, 0.1) is 0 Å². The van der Waals surface area contributed by atoms with Crippen LogP contribution in [0.1, 0.15) is 0 Å². The normalized spacial score (nSPS) is 22.2. The first-order valence-electron chi connectivity index (χ1n) is 3.75. The smallest absolute Gasteiger partial charge is 0.284 e. The van der Waals surface area contributed by atoms with E-state index >= 15 is 0 Å². The third-order valence-electron chi connectivity index (χ3n) is 1.64. The molecule has 1 aromatic carbocycles. The summed E-state index contributed by atoms with van der Waals surface area (Å²) in [5, 5.41) is 12.1. The van der Waals surface area contributed by atoms with E-state index in [0.29, 0.717) is 5.69 Å². The zero-order valence-corrected chi connectivity index (χ0v) is 6.73. The van der Waals surface area contributed by atoms with Crippen molar-refractivity contribution in [3.05, 3.63) is 24.3 Å². The second-order valence-electron chi connectivity index (χ2n) is 2.60. The van der Waals surface area contributed by atoms with E-state index in [2.05, 4.69) is 15.9 Å². The summed E-state index contributed by atoms with van der Waals surface area (Å²) < 4.78 is 0. The van der Waals surface area contributed by atoms with E-state index in [4.69, 9.17) is 5.73 Å². The summed E-state index contributed by atoms with van der Waals surface area (Å²) in [5.74, 6) is 0. The van der Waals surface area contributed by atoms with Crippen LogP contribution in [0.3, 0.4) is 0 Å². The maximum absolute atomic E-state index is 10.7. The highest BCUT2D eigenvalue weighted by atomic mass is 16.8. The molecule has 1 saturated heterocycles. The lowest BCUT2D eigenvalue weighted by atomic mass is 10.3. The van der Waals surface area contributed by atoms with Gasteiger partial charge in [0.25, 0.3) is 6.41 Å². The molecule has 1 fully saturated rings. The highest BCUT2D eigenvalue weighted by Crippen LogP contribution is 2.14. The van der Waals surface area contributed by atoms with Gasteiger partial charge in [-0.05, 0) is 24.3 Å². The maximum atomic E-state index is 10.7. The lowest BCUT2D eigenvalue weighted by molar-refractivity contribution is -0.148. The Balaban J connectivity index is 2.13. The lowest BCUT2D eigenvalue weighted by Gasteiger charge is -2.14. The molecule has 1 aromatic rings. The lowest BCUT2D eigenvalue weighted by Crippen LogP contribution is -2.39. The Hall–Kier alpha value is -1.34. The Morgan fingerprint density at radius 2 is 2.08 bits per heavy atom. The van der Waals surface area contributed by atoms with E-state index in [1.165, 1.54) is 5.12 Å². The standard InChI is InChI=1S/C7H9N4O2/c8-5-1-3-6(4-2-5)11-9-7(12)13-10-11/h1-4,7,9-10H,8H2. The topological polar surface area (TPSA) is 82.4 Å². The monoisotopic (exact) mass is 181 g/mol. The van der Waals surface area contributed by atoms with Gasteiger partial charge in [-0.25, -0.2) is 9.96 Å². The Morgan fingerprint density at radius 1 is 1.38 bits per heavy atom. The second kappa shape index (κ2) is 3.19. The van der Waals surface area contributed by atoms with Crippen molar-refractivity contribution in [2.24, 2.45) is 0 Å². The van der Waals surface area contributed by atoms with E-state index in [1.54, 1.807) is 24.3 Å². The molecule has 13 heavy (non-hydrogen) atoms. The Kier molecular flexibility index (Phi) is 2.03. The van der Waals surface area contributed by atoms with E-state index in [0.717, 1.165) is 5.69 Å². The van der Waals surface area contributed by atoms with Gasteiger partial charge in [-0.1, -0.05) is 5.59 Å². The van der Waals surface area contributed by atoms with Crippen molar-refractivity contribution in [1.29, 1.82) is 0 Å². The fourth-order valence-electron chi connectivity index (χ4n) is 1.01. The molecule has 6 heteroatoms. The molecule has 1 aliphatic heterocycles. The van der Waals surface area contributed by atoms with Gasteiger partial charge in [0.05, 0.1) is 5.69 Å². The highest BCUT2D eigenvalue weighted by molar-refractivity contribution is 5.51. The fraction of sp³-hybridized carbons (Fsp3) is 0.143. The van der Waals surface area contributed by atoms with E-state index in [-0.39, 0.29) is 0 Å². The number of nitrogen functional groups attached to an aromatic ring is 1. The molecular weight excluding hydrogens is 172 g/mol. The summed E-state index contributed by atoms with van der Waals surface area (Å²) in [6.07, 6.45) is -1.28. The molecule has 1 unspecified atom stereocenters. The van der Waals surface area contributed by atoms with Crippen LogP contribution in [-0.4, -0.2) is 6.41 Å². The van der Waals surface area contributed by atoms with E-state index in [1.807, 2.05) is 0 Å². The van der Waals surface area contributed by atoms with E-state index in [9.17, 15) is 5.11 Å². The van der Waals surface area contributed by atoms with Crippen molar-refractivity contribution >= 4 is 11.4 Å². The van der Waals surface area contributed by atoms with Crippen molar-refractivity contribution < 1.29 is 9.94 Å². The number of anilines is 2. The van der Waals surface area contributed by atoms with Gasteiger partial charge < -0.3 is 5.73 Å². The summed E-state index contributed by atoms with van der Waals surface area (Å²) in [7, 11) is 0. The summed E-state index contributed by atoms with van der Waals surface area (Å²) in [4.78, 5) is 4.53. The molecule has 4 N–H and O–H groups in total. The minimum Gasteiger partial charge on any atom is -0.399 e. The van der Waals surface area contributed by atoms with Crippen molar-refractivity contribution in [2.45, 2.75) is 6.41 Å². The molecule has 0 aliphatic carbocycles. The van der Waals surface area contributed by atoms with Crippen LogP contribution in [0.4, 0.5) is 11.4 Å². The minimum atomic E-state index is -1.28. The second-order valence-corrected chi connectivity index (χ2v) is 2.60. The summed E-state index contributed by atoms with van der Waals surface area (Å²) in [6.45, 7) is 0. The number of hydrazine groups is 2. The number of rotatable bonds is 1.